The fourth-order valence-corrected chi connectivity index (χ4v) is 2.90. The molecule has 6 heteroatoms. The first-order chi connectivity index (χ1) is 12.6. The summed E-state index contributed by atoms with van der Waals surface area (Å²) in [5.41, 5.74) is 5.57. The molecule has 0 atom stereocenters. The number of aromatic nitrogens is 2. The average molecular weight is 370 g/mol. The SMILES string of the molecule is CC(C)c1c(C(=O)NOCc2ccccc2)cnn1-c1cccc(Cl)c1. The van der Waals surface area contributed by atoms with Gasteiger partial charge in [-0.3, -0.25) is 9.63 Å². The lowest BCUT2D eigenvalue weighted by Crippen LogP contribution is -2.24. The normalized spacial score (nSPS) is 10.9. The number of hydrogen-bond acceptors (Lipinski definition) is 3. The van der Waals surface area contributed by atoms with Gasteiger partial charge in [-0.05, 0) is 29.7 Å². The second kappa shape index (κ2) is 8.17. The van der Waals surface area contributed by atoms with E-state index in [0.717, 1.165) is 16.9 Å². The molecule has 1 N–H and O–H groups in total. The predicted octanol–water partition coefficient (Wildman–Crippen LogP) is 4.51. The van der Waals surface area contributed by atoms with Gasteiger partial charge in [-0.25, -0.2) is 10.2 Å². The molecule has 0 saturated heterocycles. The number of carbonyl (C=O) groups is 1. The van der Waals surface area contributed by atoms with E-state index in [1.807, 2.05) is 62.4 Å². The third-order valence-electron chi connectivity index (χ3n) is 3.90. The zero-order valence-corrected chi connectivity index (χ0v) is 15.4. The lowest BCUT2D eigenvalue weighted by Gasteiger charge is -2.13. The predicted molar refractivity (Wildman–Crippen MR) is 101 cm³/mol. The van der Waals surface area contributed by atoms with E-state index < -0.39 is 0 Å². The van der Waals surface area contributed by atoms with E-state index in [-0.39, 0.29) is 11.8 Å². The van der Waals surface area contributed by atoms with Crippen molar-refractivity contribution in [3.05, 3.63) is 82.6 Å². The Labute approximate surface area is 157 Å². The molecule has 2 aromatic carbocycles. The quantitative estimate of drug-likeness (QED) is 0.650. The van der Waals surface area contributed by atoms with Gasteiger partial charge >= 0.3 is 0 Å². The third-order valence-corrected chi connectivity index (χ3v) is 4.13. The summed E-state index contributed by atoms with van der Waals surface area (Å²) in [7, 11) is 0. The van der Waals surface area contributed by atoms with E-state index >= 15 is 0 Å². The molecule has 0 aliphatic carbocycles. The summed E-state index contributed by atoms with van der Waals surface area (Å²) in [4.78, 5) is 17.9. The van der Waals surface area contributed by atoms with Crippen molar-refractivity contribution in [3.8, 4) is 5.69 Å². The Morgan fingerprint density at radius 1 is 1.19 bits per heavy atom. The van der Waals surface area contributed by atoms with E-state index in [1.165, 1.54) is 0 Å². The van der Waals surface area contributed by atoms with Gasteiger partial charge in [-0.1, -0.05) is 61.8 Å². The molecular weight excluding hydrogens is 350 g/mol. The highest BCUT2D eigenvalue weighted by atomic mass is 35.5. The van der Waals surface area contributed by atoms with Crippen molar-refractivity contribution >= 4 is 17.5 Å². The summed E-state index contributed by atoms with van der Waals surface area (Å²) >= 11 is 6.08. The summed E-state index contributed by atoms with van der Waals surface area (Å²) in [5, 5.41) is 4.99. The first kappa shape index (κ1) is 18.2. The van der Waals surface area contributed by atoms with Gasteiger partial charge < -0.3 is 0 Å². The summed E-state index contributed by atoms with van der Waals surface area (Å²) < 4.78 is 1.74. The van der Waals surface area contributed by atoms with E-state index in [1.54, 1.807) is 16.9 Å². The molecule has 0 fully saturated rings. The standard InChI is InChI=1S/C20H20ClN3O2/c1-14(2)19-18(12-22-24(19)17-10-6-9-16(21)11-17)20(25)23-26-13-15-7-4-3-5-8-15/h3-12,14H,13H2,1-2H3,(H,23,25). The molecule has 0 radical (unpaired) electrons. The number of hydrogen-bond donors (Lipinski definition) is 1. The topological polar surface area (TPSA) is 56.1 Å². The Morgan fingerprint density at radius 3 is 2.65 bits per heavy atom. The minimum absolute atomic E-state index is 0.0892. The van der Waals surface area contributed by atoms with Crippen molar-refractivity contribution in [3.63, 3.8) is 0 Å². The van der Waals surface area contributed by atoms with E-state index in [4.69, 9.17) is 16.4 Å². The summed E-state index contributed by atoms with van der Waals surface area (Å²) in [5.74, 6) is -0.232. The minimum Gasteiger partial charge on any atom is -0.269 e. The molecule has 3 rings (SSSR count). The van der Waals surface area contributed by atoms with Crippen LogP contribution in [0.15, 0.2) is 60.8 Å². The highest BCUT2D eigenvalue weighted by Gasteiger charge is 2.21. The molecule has 1 heterocycles. The van der Waals surface area contributed by atoms with Crippen molar-refractivity contribution in [2.24, 2.45) is 0 Å². The molecule has 0 aliphatic heterocycles. The zero-order chi connectivity index (χ0) is 18.5. The fourth-order valence-electron chi connectivity index (χ4n) is 2.72. The van der Waals surface area contributed by atoms with E-state index in [9.17, 15) is 4.79 Å². The highest BCUT2D eigenvalue weighted by Crippen LogP contribution is 2.24. The maximum atomic E-state index is 12.6. The van der Waals surface area contributed by atoms with Gasteiger partial charge in [-0.2, -0.15) is 5.10 Å². The van der Waals surface area contributed by atoms with Crippen LogP contribution in [-0.2, 0) is 11.4 Å². The molecule has 1 amide bonds. The first-order valence-electron chi connectivity index (χ1n) is 8.36. The number of hydroxylamine groups is 1. The Balaban J connectivity index is 1.78. The average Bonchev–Trinajstić information content (AvgIpc) is 3.08. The second-order valence-electron chi connectivity index (χ2n) is 6.20. The van der Waals surface area contributed by atoms with Crippen LogP contribution in [0, 0.1) is 0 Å². The molecular formula is C20H20ClN3O2. The van der Waals surface area contributed by atoms with E-state index in [2.05, 4.69) is 10.6 Å². The van der Waals surface area contributed by atoms with Crippen molar-refractivity contribution in [1.29, 1.82) is 0 Å². The summed E-state index contributed by atoms with van der Waals surface area (Å²) in [6.07, 6.45) is 1.55. The highest BCUT2D eigenvalue weighted by molar-refractivity contribution is 6.30. The molecule has 0 aliphatic rings. The Bertz CT molecular complexity index is 891. The van der Waals surface area contributed by atoms with Crippen LogP contribution in [0.5, 0.6) is 0 Å². The number of carbonyl (C=O) groups excluding carboxylic acids is 1. The Hall–Kier alpha value is -2.63. The van der Waals surface area contributed by atoms with Gasteiger partial charge in [0.15, 0.2) is 0 Å². The number of rotatable bonds is 6. The third kappa shape index (κ3) is 4.12. The van der Waals surface area contributed by atoms with Crippen LogP contribution in [0.2, 0.25) is 5.02 Å². The maximum absolute atomic E-state index is 12.6. The van der Waals surface area contributed by atoms with Crippen molar-refractivity contribution < 1.29 is 9.63 Å². The van der Waals surface area contributed by atoms with Crippen molar-refractivity contribution in [1.82, 2.24) is 15.3 Å². The lowest BCUT2D eigenvalue weighted by atomic mass is 10.1. The molecule has 5 nitrogen and oxygen atoms in total. The van der Waals surface area contributed by atoms with Crippen LogP contribution in [0.1, 0.15) is 41.4 Å². The molecule has 0 spiro atoms. The molecule has 26 heavy (non-hydrogen) atoms. The van der Waals surface area contributed by atoms with E-state index in [0.29, 0.717) is 17.2 Å². The van der Waals surface area contributed by atoms with Crippen LogP contribution in [0.4, 0.5) is 0 Å². The molecule has 1 aromatic heterocycles. The maximum Gasteiger partial charge on any atom is 0.278 e. The summed E-state index contributed by atoms with van der Waals surface area (Å²) in [6.45, 7) is 4.32. The number of amides is 1. The number of nitrogens with zero attached hydrogens (tertiary/aromatic N) is 2. The smallest absolute Gasteiger partial charge is 0.269 e. The van der Waals surface area contributed by atoms with Gasteiger partial charge in [0.2, 0.25) is 0 Å². The second-order valence-corrected chi connectivity index (χ2v) is 6.63. The van der Waals surface area contributed by atoms with Gasteiger partial charge in [0.1, 0.15) is 0 Å². The molecule has 0 saturated carbocycles. The van der Waals surface area contributed by atoms with Crippen LogP contribution >= 0.6 is 11.6 Å². The lowest BCUT2D eigenvalue weighted by molar-refractivity contribution is 0.0232. The fraction of sp³-hybridized carbons (Fsp3) is 0.200. The van der Waals surface area contributed by atoms with Crippen LogP contribution in [-0.4, -0.2) is 15.7 Å². The number of nitrogens with one attached hydrogen (secondary N) is 1. The van der Waals surface area contributed by atoms with Gasteiger partial charge in [-0.15, -0.1) is 0 Å². The Morgan fingerprint density at radius 2 is 1.96 bits per heavy atom. The molecule has 3 aromatic rings. The Kier molecular flexibility index (Phi) is 5.71. The number of halogens is 1. The van der Waals surface area contributed by atoms with Gasteiger partial charge in [0.25, 0.3) is 5.91 Å². The van der Waals surface area contributed by atoms with Gasteiger partial charge in [0.05, 0.1) is 29.7 Å². The van der Waals surface area contributed by atoms with Crippen molar-refractivity contribution in [2.45, 2.75) is 26.4 Å². The molecule has 134 valence electrons. The van der Waals surface area contributed by atoms with Crippen molar-refractivity contribution in [2.75, 3.05) is 0 Å². The van der Waals surface area contributed by atoms with Crippen LogP contribution < -0.4 is 5.48 Å². The first-order valence-corrected chi connectivity index (χ1v) is 8.74. The van der Waals surface area contributed by atoms with Gasteiger partial charge in [0, 0.05) is 5.02 Å². The summed E-state index contributed by atoms with van der Waals surface area (Å²) in [6, 6.07) is 17.0. The zero-order valence-electron chi connectivity index (χ0n) is 14.6. The molecule has 0 bridgehead atoms. The van der Waals surface area contributed by atoms with Crippen LogP contribution in [0.3, 0.4) is 0 Å². The monoisotopic (exact) mass is 369 g/mol. The number of benzene rings is 2. The minimum atomic E-state index is -0.321. The van der Waals surface area contributed by atoms with Crippen LogP contribution in [0.25, 0.3) is 5.69 Å². The molecule has 0 unspecified atom stereocenters. The largest absolute Gasteiger partial charge is 0.278 e.